The summed E-state index contributed by atoms with van der Waals surface area (Å²) >= 11 is 0. The second kappa shape index (κ2) is 7.91. The first-order valence-electron chi connectivity index (χ1n) is 6.73. The minimum Gasteiger partial charge on any atom is -0.377 e. The molecular weight excluding hydrogens is 242 g/mol. The smallest absolute Gasteiger partial charge is 0.158 e. The fourth-order valence-corrected chi connectivity index (χ4v) is 1.80. The van der Waals surface area contributed by atoms with Crippen LogP contribution in [0.2, 0.25) is 0 Å². The van der Waals surface area contributed by atoms with E-state index >= 15 is 0 Å². The van der Waals surface area contributed by atoms with E-state index in [4.69, 9.17) is 10.6 Å². The van der Waals surface area contributed by atoms with Crippen molar-refractivity contribution in [3.05, 3.63) is 11.9 Å². The predicted molar refractivity (Wildman–Crippen MR) is 77.9 cm³/mol. The molecule has 0 bridgehead atoms. The van der Waals surface area contributed by atoms with Crippen LogP contribution in [0, 0.1) is 5.92 Å². The van der Waals surface area contributed by atoms with Crippen molar-refractivity contribution < 1.29 is 4.74 Å². The lowest BCUT2D eigenvalue weighted by Crippen LogP contribution is -2.29. The van der Waals surface area contributed by atoms with Crippen molar-refractivity contribution in [1.29, 1.82) is 0 Å². The molecule has 6 heteroatoms. The second-order valence-corrected chi connectivity index (χ2v) is 4.66. The zero-order valence-electron chi connectivity index (χ0n) is 12.3. The van der Waals surface area contributed by atoms with Gasteiger partial charge in [-0.25, -0.2) is 15.8 Å². The highest BCUT2D eigenvalue weighted by Gasteiger charge is 2.12. The van der Waals surface area contributed by atoms with E-state index in [1.807, 2.05) is 6.07 Å². The van der Waals surface area contributed by atoms with Gasteiger partial charge in [0, 0.05) is 26.3 Å². The van der Waals surface area contributed by atoms with Crippen LogP contribution in [0.3, 0.4) is 0 Å². The van der Waals surface area contributed by atoms with Crippen LogP contribution < -0.4 is 16.2 Å². The molecule has 1 atom stereocenters. The van der Waals surface area contributed by atoms with E-state index in [9.17, 15) is 0 Å². The minimum absolute atomic E-state index is 0.378. The molecule has 108 valence electrons. The number of anilines is 2. The lowest BCUT2D eigenvalue weighted by atomic mass is 10.1. The molecule has 1 aromatic heterocycles. The summed E-state index contributed by atoms with van der Waals surface area (Å²) in [5, 5.41) is 0. The molecule has 6 nitrogen and oxygen atoms in total. The van der Waals surface area contributed by atoms with Gasteiger partial charge in [0.05, 0.1) is 0 Å². The quantitative estimate of drug-likeness (QED) is 0.552. The van der Waals surface area contributed by atoms with Gasteiger partial charge in [0.25, 0.3) is 0 Å². The number of ether oxygens (including phenoxy) is 1. The van der Waals surface area contributed by atoms with Crippen LogP contribution in [-0.2, 0) is 11.3 Å². The molecule has 0 saturated heterocycles. The summed E-state index contributed by atoms with van der Waals surface area (Å²) < 4.78 is 5.09. The number of hydrogen-bond donors (Lipinski definition) is 2. The zero-order valence-corrected chi connectivity index (χ0v) is 12.3. The van der Waals surface area contributed by atoms with Crippen LogP contribution in [0.4, 0.5) is 11.6 Å². The summed E-state index contributed by atoms with van der Waals surface area (Å²) in [7, 11) is 1.63. The lowest BCUT2D eigenvalue weighted by molar-refractivity contribution is 0.178. The first kappa shape index (κ1) is 15.7. The number of aromatic nitrogens is 2. The average Bonchev–Trinajstić information content (AvgIpc) is 2.44. The molecule has 1 unspecified atom stereocenters. The molecule has 0 aliphatic rings. The molecule has 0 spiro atoms. The van der Waals surface area contributed by atoms with Gasteiger partial charge in [0.1, 0.15) is 18.2 Å². The van der Waals surface area contributed by atoms with E-state index in [2.05, 4.69) is 41.1 Å². The maximum atomic E-state index is 5.45. The molecule has 0 radical (unpaired) electrons. The number of nitrogen functional groups attached to an aromatic ring is 1. The topological polar surface area (TPSA) is 76.3 Å². The Bertz CT molecular complexity index is 385. The summed E-state index contributed by atoms with van der Waals surface area (Å²) in [6.45, 7) is 8.81. The van der Waals surface area contributed by atoms with Gasteiger partial charge in [-0.15, -0.1) is 0 Å². The summed E-state index contributed by atoms with van der Waals surface area (Å²) in [5.41, 5.74) is 2.58. The highest BCUT2D eigenvalue weighted by Crippen LogP contribution is 2.18. The van der Waals surface area contributed by atoms with Crippen molar-refractivity contribution in [2.24, 2.45) is 11.8 Å². The standard InChI is InChI=1S/C13H25N5O/c1-5-10(3)8-18(6-2)13-7-11(17-14)15-12(16-13)9-19-4/h7,10H,5-6,8-9,14H2,1-4H3,(H,15,16,17). The number of nitrogens with zero attached hydrogens (tertiary/aromatic N) is 3. The Morgan fingerprint density at radius 1 is 1.42 bits per heavy atom. The van der Waals surface area contributed by atoms with Crippen molar-refractivity contribution in [2.75, 3.05) is 30.5 Å². The fraction of sp³-hybridized carbons (Fsp3) is 0.692. The third-order valence-corrected chi connectivity index (χ3v) is 3.11. The summed E-state index contributed by atoms with van der Waals surface area (Å²) in [4.78, 5) is 11.0. The van der Waals surface area contributed by atoms with Gasteiger partial charge in [-0.2, -0.15) is 0 Å². The van der Waals surface area contributed by atoms with Crippen molar-refractivity contribution >= 4 is 11.6 Å². The molecule has 0 aromatic carbocycles. The van der Waals surface area contributed by atoms with Crippen molar-refractivity contribution in [3.8, 4) is 0 Å². The van der Waals surface area contributed by atoms with Crippen LogP contribution in [-0.4, -0.2) is 30.2 Å². The average molecular weight is 267 g/mol. The first-order chi connectivity index (χ1) is 9.14. The van der Waals surface area contributed by atoms with Crippen molar-refractivity contribution in [2.45, 2.75) is 33.8 Å². The molecule has 0 saturated carbocycles. The Morgan fingerprint density at radius 2 is 2.16 bits per heavy atom. The largest absolute Gasteiger partial charge is 0.377 e. The Kier molecular flexibility index (Phi) is 6.52. The molecule has 3 N–H and O–H groups in total. The Labute approximate surface area is 115 Å². The molecule has 0 amide bonds. The molecule has 1 rings (SSSR count). The number of nitrogens with two attached hydrogens (primary N) is 1. The SMILES string of the molecule is CCC(C)CN(CC)c1cc(NN)nc(COC)n1. The van der Waals surface area contributed by atoms with E-state index in [1.54, 1.807) is 7.11 Å². The Balaban J connectivity index is 2.97. The van der Waals surface area contributed by atoms with Gasteiger partial charge in [-0.05, 0) is 12.8 Å². The molecule has 1 heterocycles. The van der Waals surface area contributed by atoms with Gasteiger partial charge in [0.2, 0.25) is 0 Å². The van der Waals surface area contributed by atoms with Crippen LogP contribution in [0.1, 0.15) is 33.0 Å². The minimum atomic E-state index is 0.378. The number of nitrogens with one attached hydrogen (secondary N) is 1. The maximum Gasteiger partial charge on any atom is 0.158 e. The summed E-state index contributed by atoms with van der Waals surface area (Å²) in [6, 6.07) is 1.87. The van der Waals surface area contributed by atoms with Crippen LogP contribution in [0.15, 0.2) is 6.07 Å². The summed E-state index contributed by atoms with van der Waals surface area (Å²) in [5.74, 6) is 8.21. The molecular formula is C13H25N5O. The maximum absolute atomic E-state index is 5.45. The van der Waals surface area contributed by atoms with Crippen LogP contribution in [0.25, 0.3) is 0 Å². The normalized spacial score (nSPS) is 12.3. The van der Waals surface area contributed by atoms with Gasteiger partial charge in [-0.3, -0.25) is 0 Å². The Hall–Kier alpha value is -1.40. The van der Waals surface area contributed by atoms with Gasteiger partial charge in [0.15, 0.2) is 5.82 Å². The molecule has 0 fully saturated rings. The summed E-state index contributed by atoms with van der Waals surface area (Å²) in [6.07, 6.45) is 1.15. The van der Waals surface area contributed by atoms with E-state index in [0.29, 0.717) is 24.2 Å². The monoisotopic (exact) mass is 267 g/mol. The van der Waals surface area contributed by atoms with Crippen molar-refractivity contribution in [3.63, 3.8) is 0 Å². The third kappa shape index (κ3) is 4.65. The molecule has 1 aromatic rings. The third-order valence-electron chi connectivity index (χ3n) is 3.11. The Morgan fingerprint density at radius 3 is 2.68 bits per heavy atom. The van der Waals surface area contributed by atoms with E-state index in [1.165, 1.54) is 0 Å². The van der Waals surface area contributed by atoms with Crippen LogP contribution >= 0.6 is 0 Å². The van der Waals surface area contributed by atoms with E-state index in [-0.39, 0.29) is 0 Å². The van der Waals surface area contributed by atoms with Gasteiger partial charge < -0.3 is 15.1 Å². The molecule has 19 heavy (non-hydrogen) atoms. The van der Waals surface area contributed by atoms with Gasteiger partial charge in [-0.1, -0.05) is 20.3 Å². The van der Waals surface area contributed by atoms with Crippen LogP contribution in [0.5, 0.6) is 0 Å². The van der Waals surface area contributed by atoms with Gasteiger partial charge >= 0.3 is 0 Å². The van der Waals surface area contributed by atoms with E-state index < -0.39 is 0 Å². The zero-order chi connectivity index (χ0) is 14.3. The second-order valence-electron chi connectivity index (χ2n) is 4.66. The molecule has 0 aliphatic carbocycles. The lowest BCUT2D eigenvalue weighted by Gasteiger charge is -2.25. The number of hydrazine groups is 1. The highest BCUT2D eigenvalue weighted by molar-refractivity contribution is 5.48. The number of rotatable bonds is 8. The molecule has 0 aliphatic heterocycles. The first-order valence-corrected chi connectivity index (χ1v) is 6.73. The number of methoxy groups -OCH3 is 1. The number of hydrogen-bond acceptors (Lipinski definition) is 6. The highest BCUT2D eigenvalue weighted by atomic mass is 16.5. The predicted octanol–water partition coefficient (Wildman–Crippen LogP) is 1.78. The fourth-order valence-electron chi connectivity index (χ4n) is 1.80. The van der Waals surface area contributed by atoms with E-state index in [0.717, 1.165) is 25.3 Å². The van der Waals surface area contributed by atoms with Crippen molar-refractivity contribution in [1.82, 2.24) is 9.97 Å².